The van der Waals surface area contributed by atoms with E-state index in [1.807, 2.05) is 6.92 Å². The zero-order chi connectivity index (χ0) is 16.5. The van der Waals surface area contributed by atoms with Crippen LogP contribution in [-0.2, 0) is 4.74 Å². The molecule has 0 amide bonds. The zero-order valence-electron chi connectivity index (χ0n) is 14.9. The smallest absolute Gasteiger partial charge is 0.252 e. The van der Waals surface area contributed by atoms with E-state index in [4.69, 9.17) is 4.74 Å². The Labute approximate surface area is 137 Å². The average Bonchev–Trinajstić information content (AvgIpc) is 2.50. The van der Waals surface area contributed by atoms with Crippen LogP contribution in [0.3, 0.4) is 0 Å². The molecule has 0 aromatic heterocycles. The van der Waals surface area contributed by atoms with Gasteiger partial charge in [-0.3, -0.25) is 0 Å². The third-order valence-electron chi connectivity index (χ3n) is 4.35. The first-order chi connectivity index (χ1) is 10.7. The number of rotatable bonds is 16. The van der Waals surface area contributed by atoms with Crippen LogP contribution >= 0.6 is 0 Å². The molecular formula is C19H37O3-. The number of carbonyl (C=O) groups is 1. The molecule has 0 aliphatic rings. The summed E-state index contributed by atoms with van der Waals surface area (Å²) in [7, 11) is 0. The van der Waals surface area contributed by atoms with Crippen molar-refractivity contribution in [1.82, 2.24) is 0 Å². The van der Waals surface area contributed by atoms with Gasteiger partial charge in [0, 0.05) is 6.10 Å². The SMILES string of the molecule is CCCCCCCCCCCCCCCC(CC)OC(=O)[O-]. The number of carboxylic acid groups (broad SMARTS) is 1. The summed E-state index contributed by atoms with van der Waals surface area (Å²) in [6, 6.07) is 0. The molecule has 0 spiro atoms. The average molecular weight is 314 g/mol. The molecule has 0 saturated carbocycles. The molecule has 0 aliphatic carbocycles. The van der Waals surface area contributed by atoms with E-state index in [1.165, 1.54) is 77.0 Å². The van der Waals surface area contributed by atoms with E-state index in [-0.39, 0.29) is 6.10 Å². The van der Waals surface area contributed by atoms with Gasteiger partial charge in [0.15, 0.2) is 0 Å². The summed E-state index contributed by atoms with van der Waals surface area (Å²) >= 11 is 0. The van der Waals surface area contributed by atoms with Gasteiger partial charge in [-0.15, -0.1) is 0 Å². The highest BCUT2D eigenvalue weighted by Gasteiger charge is 2.03. The van der Waals surface area contributed by atoms with Crippen LogP contribution in [0.2, 0.25) is 0 Å². The van der Waals surface area contributed by atoms with Gasteiger partial charge in [-0.05, 0) is 12.8 Å². The Hall–Kier alpha value is -0.730. The minimum absolute atomic E-state index is 0.169. The second kappa shape index (κ2) is 16.6. The van der Waals surface area contributed by atoms with Crippen LogP contribution < -0.4 is 5.11 Å². The van der Waals surface area contributed by atoms with Crippen LogP contribution in [0.25, 0.3) is 0 Å². The molecule has 3 nitrogen and oxygen atoms in total. The Morgan fingerprint density at radius 1 is 0.773 bits per heavy atom. The second-order valence-corrected chi connectivity index (χ2v) is 6.43. The van der Waals surface area contributed by atoms with Gasteiger partial charge in [0.05, 0.1) is 0 Å². The Bertz CT molecular complexity index is 241. The third-order valence-corrected chi connectivity index (χ3v) is 4.35. The van der Waals surface area contributed by atoms with Gasteiger partial charge in [-0.25, -0.2) is 0 Å². The van der Waals surface area contributed by atoms with Gasteiger partial charge >= 0.3 is 0 Å². The van der Waals surface area contributed by atoms with Gasteiger partial charge < -0.3 is 14.6 Å². The van der Waals surface area contributed by atoms with Crippen LogP contribution in [0.5, 0.6) is 0 Å². The highest BCUT2D eigenvalue weighted by molar-refractivity contribution is 5.54. The monoisotopic (exact) mass is 313 g/mol. The summed E-state index contributed by atoms with van der Waals surface area (Å²) in [4.78, 5) is 10.4. The Kier molecular flexibility index (Phi) is 16.1. The van der Waals surface area contributed by atoms with Crippen molar-refractivity contribution in [3.63, 3.8) is 0 Å². The fraction of sp³-hybridized carbons (Fsp3) is 0.947. The van der Waals surface area contributed by atoms with Crippen LogP contribution in [-0.4, -0.2) is 12.3 Å². The molecule has 1 unspecified atom stereocenters. The zero-order valence-corrected chi connectivity index (χ0v) is 14.9. The van der Waals surface area contributed by atoms with Crippen LogP contribution in [0.4, 0.5) is 4.79 Å². The van der Waals surface area contributed by atoms with E-state index in [1.54, 1.807) is 0 Å². The number of ether oxygens (including phenoxy) is 1. The molecule has 0 aromatic carbocycles. The van der Waals surface area contributed by atoms with E-state index in [9.17, 15) is 9.90 Å². The summed E-state index contributed by atoms with van der Waals surface area (Å²) < 4.78 is 4.71. The maximum Gasteiger partial charge on any atom is 0.252 e. The Morgan fingerprint density at radius 2 is 1.18 bits per heavy atom. The van der Waals surface area contributed by atoms with Crippen LogP contribution in [0.1, 0.15) is 110 Å². The molecule has 3 heteroatoms. The van der Waals surface area contributed by atoms with Gasteiger partial charge in [0.2, 0.25) is 0 Å². The van der Waals surface area contributed by atoms with Crippen LogP contribution in [0.15, 0.2) is 0 Å². The van der Waals surface area contributed by atoms with Crippen molar-refractivity contribution in [3.05, 3.63) is 0 Å². The first-order valence-electron chi connectivity index (χ1n) is 9.58. The van der Waals surface area contributed by atoms with E-state index >= 15 is 0 Å². The van der Waals surface area contributed by atoms with E-state index in [0.29, 0.717) is 0 Å². The van der Waals surface area contributed by atoms with Crippen molar-refractivity contribution in [2.75, 3.05) is 0 Å². The molecule has 22 heavy (non-hydrogen) atoms. The number of unbranched alkanes of at least 4 members (excludes halogenated alkanes) is 12. The summed E-state index contributed by atoms with van der Waals surface area (Å²) in [5.74, 6) is 0. The third kappa shape index (κ3) is 15.7. The highest BCUT2D eigenvalue weighted by Crippen LogP contribution is 2.14. The van der Waals surface area contributed by atoms with Gasteiger partial charge in [-0.2, -0.15) is 0 Å². The molecule has 0 rings (SSSR count). The normalized spacial score (nSPS) is 12.3. The summed E-state index contributed by atoms with van der Waals surface area (Å²) in [5, 5.41) is 10.4. The molecule has 1 atom stereocenters. The van der Waals surface area contributed by atoms with E-state index in [2.05, 4.69) is 6.92 Å². The lowest BCUT2D eigenvalue weighted by molar-refractivity contribution is -0.287. The molecule has 0 bridgehead atoms. The number of hydrogen-bond acceptors (Lipinski definition) is 3. The first kappa shape index (κ1) is 21.3. The lowest BCUT2D eigenvalue weighted by atomic mass is 10.0. The minimum atomic E-state index is -1.39. The predicted molar refractivity (Wildman–Crippen MR) is 90.9 cm³/mol. The van der Waals surface area contributed by atoms with Gasteiger partial charge in [0.25, 0.3) is 6.16 Å². The Balaban J connectivity index is 3.18. The maximum atomic E-state index is 10.4. The molecule has 0 N–H and O–H groups in total. The molecule has 0 saturated heterocycles. The van der Waals surface area contributed by atoms with E-state index in [0.717, 1.165) is 19.3 Å². The quantitative estimate of drug-likeness (QED) is 0.275. The maximum absolute atomic E-state index is 10.4. The van der Waals surface area contributed by atoms with Crippen molar-refractivity contribution in [3.8, 4) is 0 Å². The van der Waals surface area contributed by atoms with Crippen molar-refractivity contribution < 1.29 is 14.6 Å². The molecule has 0 aliphatic heterocycles. The van der Waals surface area contributed by atoms with Crippen molar-refractivity contribution in [1.29, 1.82) is 0 Å². The van der Waals surface area contributed by atoms with Crippen LogP contribution in [0, 0.1) is 0 Å². The first-order valence-corrected chi connectivity index (χ1v) is 9.58. The molecule has 0 aromatic rings. The fourth-order valence-electron chi connectivity index (χ4n) is 2.87. The van der Waals surface area contributed by atoms with Crippen molar-refractivity contribution >= 4 is 6.16 Å². The van der Waals surface area contributed by atoms with E-state index < -0.39 is 6.16 Å². The molecule has 0 radical (unpaired) electrons. The van der Waals surface area contributed by atoms with Gasteiger partial charge in [-0.1, -0.05) is 97.3 Å². The second-order valence-electron chi connectivity index (χ2n) is 6.43. The lowest BCUT2D eigenvalue weighted by Gasteiger charge is -2.20. The predicted octanol–water partition coefficient (Wildman–Crippen LogP) is 5.61. The standard InChI is InChI=1S/C19H38O3/c1-3-5-6-7-8-9-10-11-12-13-14-15-16-17-18(4-2)22-19(20)21/h18H,3-17H2,1-2H3,(H,20,21)/p-1. The molecular weight excluding hydrogens is 276 g/mol. The molecule has 0 heterocycles. The van der Waals surface area contributed by atoms with Crippen molar-refractivity contribution in [2.45, 2.75) is 116 Å². The fourth-order valence-corrected chi connectivity index (χ4v) is 2.87. The summed E-state index contributed by atoms with van der Waals surface area (Å²) in [6.45, 7) is 4.22. The topological polar surface area (TPSA) is 49.4 Å². The number of hydrogen-bond donors (Lipinski definition) is 0. The largest absolute Gasteiger partial charge is 0.546 e. The van der Waals surface area contributed by atoms with Gasteiger partial charge in [0.1, 0.15) is 0 Å². The van der Waals surface area contributed by atoms with Crippen molar-refractivity contribution in [2.24, 2.45) is 0 Å². The summed E-state index contributed by atoms with van der Waals surface area (Å²) in [6.07, 6.45) is 17.3. The minimum Gasteiger partial charge on any atom is -0.546 e. The molecule has 132 valence electrons. The summed E-state index contributed by atoms with van der Waals surface area (Å²) in [5.41, 5.74) is 0. The Morgan fingerprint density at radius 3 is 1.55 bits per heavy atom. The lowest BCUT2D eigenvalue weighted by Crippen LogP contribution is -2.28. The highest BCUT2D eigenvalue weighted by atomic mass is 16.7. The molecule has 0 fully saturated rings. The number of carbonyl (C=O) groups excluding carboxylic acids is 1.